The van der Waals surface area contributed by atoms with E-state index in [-0.39, 0.29) is 11.9 Å². The number of benzene rings is 2. The molecular formula is C19H23BrN2O2. The normalized spacial score (nSPS) is 11.8. The lowest BCUT2D eigenvalue weighted by molar-refractivity contribution is -0.120. The number of halogens is 1. The summed E-state index contributed by atoms with van der Waals surface area (Å²) in [4.78, 5) is 11.9. The van der Waals surface area contributed by atoms with Gasteiger partial charge in [-0.25, -0.2) is 0 Å². The molecule has 0 heterocycles. The van der Waals surface area contributed by atoms with Crippen molar-refractivity contribution in [3.05, 3.63) is 64.1 Å². The number of rotatable bonds is 8. The molecule has 0 spiro atoms. The minimum atomic E-state index is 0.00496. The first-order valence-electron chi connectivity index (χ1n) is 7.97. The molecule has 0 aliphatic heterocycles. The van der Waals surface area contributed by atoms with E-state index in [2.05, 4.69) is 38.7 Å². The van der Waals surface area contributed by atoms with Crippen LogP contribution in [0.1, 0.15) is 24.1 Å². The molecule has 0 saturated carbocycles. The van der Waals surface area contributed by atoms with Crippen molar-refractivity contribution >= 4 is 21.8 Å². The van der Waals surface area contributed by atoms with Crippen molar-refractivity contribution in [3.8, 4) is 5.75 Å². The number of amides is 1. The highest BCUT2D eigenvalue weighted by molar-refractivity contribution is 9.10. The molecule has 2 aromatic carbocycles. The first-order valence-corrected chi connectivity index (χ1v) is 8.77. The molecule has 1 atom stereocenters. The Morgan fingerprint density at radius 2 is 1.96 bits per heavy atom. The summed E-state index contributed by atoms with van der Waals surface area (Å²) in [5.41, 5.74) is 2.32. The van der Waals surface area contributed by atoms with Crippen molar-refractivity contribution < 1.29 is 9.53 Å². The van der Waals surface area contributed by atoms with Gasteiger partial charge in [-0.1, -0.05) is 36.4 Å². The Hall–Kier alpha value is -1.85. The smallest absolute Gasteiger partial charge is 0.233 e. The first kappa shape index (κ1) is 18.5. The van der Waals surface area contributed by atoms with Gasteiger partial charge in [-0.2, -0.15) is 0 Å². The van der Waals surface area contributed by atoms with Crippen molar-refractivity contribution in [2.45, 2.75) is 19.4 Å². The molecule has 2 N–H and O–H groups in total. The second-order valence-electron chi connectivity index (χ2n) is 5.58. The van der Waals surface area contributed by atoms with Crippen molar-refractivity contribution in [2.24, 2.45) is 0 Å². The SMILES string of the molecule is COc1ccc([C@H](C)NCC(=O)NCCc2ccccc2)cc1Br. The van der Waals surface area contributed by atoms with Crippen LogP contribution in [0.2, 0.25) is 0 Å². The summed E-state index contributed by atoms with van der Waals surface area (Å²) >= 11 is 3.48. The van der Waals surface area contributed by atoms with E-state index in [1.165, 1.54) is 5.56 Å². The van der Waals surface area contributed by atoms with Crippen molar-refractivity contribution in [1.29, 1.82) is 0 Å². The van der Waals surface area contributed by atoms with Crippen molar-refractivity contribution in [1.82, 2.24) is 10.6 Å². The van der Waals surface area contributed by atoms with Crippen LogP contribution in [0.5, 0.6) is 5.75 Å². The lowest BCUT2D eigenvalue weighted by Gasteiger charge is -2.15. The zero-order chi connectivity index (χ0) is 17.4. The fourth-order valence-electron chi connectivity index (χ4n) is 2.37. The van der Waals surface area contributed by atoms with Crippen LogP contribution in [0, 0.1) is 0 Å². The van der Waals surface area contributed by atoms with Crippen LogP contribution >= 0.6 is 15.9 Å². The zero-order valence-corrected chi connectivity index (χ0v) is 15.6. The Morgan fingerprint density at radius 1 is 1.21 bits per heavy atom. The van der Waals surface area contributed by atoms with Gasteiger partial charge in [0.05, 0.1) is 18.1 Å². The van der Waals surface area contributed by atoms with Crippen LogP contribution in [-0.4, -0.2) is 26.1 Å². The Bertz CT molecular complexity index is 662. The van der Waals surface area contributed by atoms with Crippen LogP contribution in [-0.2, 0) is 11.2 Å². The number of carbonyl (C=O) groups excluding carboxylic acids is 1. The topological polar surface area (TPSA) is 50.4 Å². The van der Waals surface area contributed by atoms with E-state index in [0.717, 1.165) is 22.2 Å². The summed E-state index contributed by atoms with van der Waals surface area (Å²) < 4.78 is 6.13. The number of hydrogen-bond acceptors (Lipinski definition) is 3. The molecule has 0 fully saturated rings. The third-order valence-electron chi connectivity index (χ3n) is 3.82. The van der Waals surface area contributed by atoms with E-state index in [9.17, 15) is 4.79 Å². The number of ether oxygens (including phenoxy) is 1. The second kappa shape index (κ2) is 9.45. The monoisotopic (exact) mass is 390 g/mol. The molecule has 0 aromatic heterocycles. The third kappa shape index (κ3) is 5.65. The summed E-state index contributed by atoms with van der Waals surface area (Å²) in [5, 5.41) is 6.18. The molecule has 5 heteroatoms. The van der Waals surface area contributed by atoms with Crippen LogP contribution in [0.15, 0.2) is 53.0 Å². The van der Waals surface area contributed by atoms with Gasteiger partial charge in [0.2, 0.25) is 5.91 Å². The highest BCUT2D eigenvalue weighted by Crippen LogP contribution is 2.27. The molecule has 1 amide bonds. The van der Waals surface area contributed by atoms with Crippen LogP contribution < -0.4 is 15.4 Å². The number of methoxy groups -OCH3 is 1. The van der Waals surface area contributed by atoms with Gasteiger partial charge >= 0.3 is 0 Å². The van der Waals surface area contributed by atoms with E-state index in [1.807, 2.05) is 43.3 Å². The molecule has 4 nitrogen and oxygen atoms in total. The average Bonchev–Trinajstić information content (AvgIpc) is 2.60. The van der Waals surface area contributed by atoms with Crippen molar-refractivity contribution in [3.63, 3.8) is 0 Å². The largest absolute Gasteiger partial charge is 0.496 e. The summed E-state index contributed by atoms with van der Waals surface area (Å²) in [5.74, 6) is 0.801. The lowest BCUT2D eigenvalue weighted by atomic mass is 10.1. The van der Waals surface area contributed by atoms with Gasteiger partial charge in [-0.15, -0.1) is 0 Å². The van der Waals surface area contributed by atoms with E-state index in [0.29, 0.717) is 13.1 Å². The number of carbonyl (C=O) groups is 1. The minimum absolute atomic E-state index is 0.00496. The summed E-state index contributed by atoms with van der Waals surface area (Å²) in [6.07, 6.45) is 0.841. The van der Waals surface area contributed by atoms with Gasteiger partial charge in [0.25, 0.3) is 0 Å². The summed E-state index contributed by atoms with van der Waals surface area (Å²) in [6, 6.07) is 16.1. The maximum atomic E-state index is 11.9. The molecular weight excluding hydrogens is 368 g/mol. The zero-order valence-electron chi connectivity index (χ0n) is 14.0. The fraction of sp³-hybridized carbons (Fsp3) is 0.316. The van der Waals surface area contributed by atoms with Gasteiger partial charge in [-0.05, 0) is 52.5 Å². The van der Waals surface area contributed by atoms with Gasteiger partial charge in [0.15, 0.2) is 0 Å². The van der Waals surface area contributed by atoms with E-state index in [4.69, 9.17) is 4.74 Å². The molecule has 0 unspecified atom stereocenters. The van der Waals surface area contributed by atoms with Gasteiger partial charge in [-0.3, -0.25) is 4.79 Å². The predicted molar refractivity (Wildman–Crippen MR) is 100 cm³/mol. The van der Waals surface area contributed by atoms with E-state index in [1.54, 1.807) is 7.11 Å². The first-order chi connectivity index (χ1) is 11.6. The highest BCUT2D eigenvalue weighted by atomic mass is 79.9. The average molecular weight is 391 g/mol. The molecule has 128 valence electrons. The van der Waals surface area contributed by atoms with Crippen LogP contribution in [0.3, 0.4) is 0 Å². The Balaban J connectivity index is 1.73. The highest BCUT2D eigenvalue weighted by Gasteiger charge is 2.10. The van der Waals surface area contributed by atoms with Crippen LogP contribution in [0.25, 0.3) is 0 Å². The Morgan fingerprint density at radius 3 is 2.62 bits per heavy atom. The second-order valence-corrected chi connectivity index (χ2v) is 6.44. The van der Waals surface area contributed by atoms with Crippen molar-refractivity contribution in [2.75, 3.05) is 20.2 Å². The summed E-state index contributed by atoms with van der Waals surface area (Å²) in [6.45, 7) is 2.97. The molecule has 0 saturated heterocycles. The fourth-order valence-corrected chi connectivity index (χ4v) is 2.93. The lowest BCUT2D eigenvalue weighted by Crippen LogP contribution is -2.36. The molecule has 0 bridgehead atoms. The Labute approximate surface area is 151 Å². The molecule has 2 rings (SSSR count). The molecule has 0 aliphatic carbocycles. The number of nitrogens with one attached hydrogen (secondary N) is 2. The van der Waals surface area contributed by atoms with E-state index >= 15 is 0 Å². The van der Waals surface area contributed by atoms with E-state index < -0.39 is 0 Å². The molecule has 24 heavy (non-hydrogen) atoms. The van der Waals surface area contributed by atoms with Gasteiger partial charge < -0.3 is 15.4 Å². The molecule has 2 aromatic rings. The quantitative estimate of drug-likeness (QED) is 0.725. The maximum absolute atomic E-state index is 11.9. The molecule has 0 radical (unpaired) electrons. The van der Waals surface area contributed by atoms with Crippen LogP contribution in [0.4, 0.5) is 0 Å². The standard InChI is InChI=1S/C19H23BrN2O2/c1-14(16-8-9-18(24-2)17(20)12-16)22-13-19(23)21-11-10-15-6-4-3-5-7-15/h3-9,12,14,22H,10-11,13H2,1-2H3,(H,21,23)/t14-/m0/s1. The summed E-state index contributed by atoms with van der Waals surface area (Å²) in [7, 11) is 1.64. The van der Waals surface area contributed by atoms with Gasteiger partial charge in [0, 0.05) is 12.6 Å². The number of hydrogen-bond donors (Lipinski definition) is 2. The maximum Gasteiger partial charge on any atom is 0.233 e. The van der Waals surface area contributed by atoms with Gasteiger partial charge in [0.1, 0.15) is 5.75 Å². The predicted octanol–water partition coefficient (Wildman–Crippen LogP) is 3.47. The molecule has 0 aliphatic rings. The third-order valence-corrected chi connectivity index (χ3v) is 4.44. The Kier molecular flexibility index (Phi) is 7.28. The minimum Gasteiger partial charge on any atom is -0.496 e.